The number of nitrogens with zero attached hydrogens (tertiary/aromatic N) is 3. The van der Waals surface area contributed by atoms with Crippen molar-refractivity contribution in [1.82, 2.24) is 15.3 Å². The standard InChI is InChI=1S/C24H25N5O2/c1-3-31-22-11-16(7-8-17(22)12-25)19-14-27-24(28-15-19)29-21-6-4-5-18(23(21)30-2)13-26-20-9-10-20/h4-8,11,14-15,20,26H,3,9-10,13H2,1-2H3,(H,27,28,29). The van der Waals surface area contributed by atoms with E-state index in [4.69, 9.17) is 9.47 Å². The van der Waals surface area contributed by atoms with E-state index in [9.17, 15) is 5.26 Å². The zero-order chi connectivity index (χ0) is 21.6. The van der Waals surface area contributed by atoms with Crippen LogP contribution in [0.15, 0.2) is 48.8 Å². The van der Waals surface area contributed by atoms with Crippen LogP contribution in [-0.4, -0.2) is 29.7 Å². The summed E-state index contributed by atoms with van der Waals surface area (Å²) >= 11 is 0. The number of para-hydroxylation sites is 1. The van der Waals surface area contributed by atoms with Crippen LogP contribution in [0.1, 0.15) is 30.9 Å². The smallest absolute Gasteiger partial charge is 0.227 e. The summed E-state index contributed by atoms with van der Waals surface area (Å²) in [6.45, 7) is 3.15. The fraction of sp³-hybridized carbons (Fsp3) is 0.292. The minimum Gasteiger partial charge on any atom is -0.494 e. The molecule has 0 bridgehead atoms. The molecule has 1 heterocycles. The summed E-state index contributed by atoms with van der Waals surface area (Å²) in [5.74, 6) is 1.83. The zero-order valence-electron chi connectivity index (χ0n) is 17.7. The summed E-state index contributed by atoms with van der Waals surface area (Å²) in [6, 6.07) is 14.2. The van der Waals surface area contributed by atoms with E-state index in [1.54, 1.807) is 25.6 Å². The van der Waals surface area contributed by atoms with Gasteiger partial charge in [-0.1, -0.05) is 18.2 Å². The molecule has 1 aliphatic carbocycles. The lowest BCUT2D eigenvalue weighted by atomic mass is 10.1. The van der Waals surface area contributed by atoms with Crippen LogP contribution in [0.3, 0.4) is 0 Å². The molecule has 0 unspecified atom stereocenters. The monoisotopic (exact) mass is 415 g/mol. The van der Waals surface area contributed by atoms with Gasteiger partial charge in [-0.3, -0.25) is 0 Å². The molecule has 1 aliphatic rings. The predicted molar refractivity (Wildman–Crippen MR) is 119 cm³/mol. The Labute approximate surface area is 182 Å². The van der Waals surface area contributed by atoms with Crippen LogP contribution in [0.2, 0.25) is 0 Å². The van der Waals surface area contributed by atoms with Crippen LogP contribution in [0.25, 0.3) is 11.1 Å². The molecule has 0 saturated heterocycles. The molecular formula is C24H25N5O2. The maximum absolute atomic E-state index is 9.23. The molecule has 1 aromatic heterocycles. The van der Waals surface area contributed by atoms with Crippen LogP contribution in [0, 0.1) is 11.3 Å². The fourth-order valence-corrected chi connectivity index (χ4v) is 3.34. The van der Waals surface area contributed by atoms with Crippen molar-refractivity contribution in [2.24, 2.45) is 0 Å². The molecule has 1 saturated carbocycles. The van der Waals surface area contributed by atoms with Crippen LogP contribution in [0.5, 0.6) is 11.5 Å². The molecule has 0 radical (unpaired) electrons. The van der Waals surface area contributed by atoms with Gasteiger partial charge in [0.1, 0.15) is 17.6 Å². The van der Waals surface area contributed by atoms with E-state index in [0.29, 0.717) is 29.9 Å². The minimum absolute atomic E-state index is 0.480. The van der Waals surface area contributed by atoms with Gasteiger partial charge < -0.3 is 20.1 Å². The van der Waals surface area contributed by atoms with E-state index in [2.05, 4.69) is 32.7 Å². The predicted octanol–water partition coefficient (Wildman–Crippen LogP) is 4.42. The summed E-state index contributed by atoms with van der Waals surface area (Å²) in [5, 5.41) is 16.0. The minimum atomic E-state index is 0.480. The number of nitriles is 1. The van der Waals surface area contributed by atoms with Gasteiger partial charge >= 0.3 is 0 Å². The molecule has 4 rings (SSSR count). The summed E-state index contributed by atoms with van der Waals surface area (Å²) < 4.78 is 11.2. The van der Waals surface area contributed by atoms with Gasteiger partial charge in [0.2, 0.25) is 5.95 Å². The molecule has 2 aromatic carbocycles. The topological polar surface area (TPSA) is 92.1 Å². The zero-order valence-corrected chi connectivity index (χ0v) is 17.7. The van der Waals surface area contributed by atoms with Gasteiger partial charge in [0, 0.05) is 36.1 Å². The first-order valence-corrected chi connectivity index (χ1v) is 10.4. The van der Waals surface area contributed by atoms with Gasteiger partial charge in [-0.2, -0.15) is 5.26 Å². The lowest BCUT2D eigenvalue weighted by Crippen LogP contribution is -2.16. The van der Waals surface area contributed by atoms with Gasteiger partial charge in [0.15, 0.2) is 0 Å². The van der Waals surface area contributed by atoms with Gasteiger partial charge in [-0.25, -0.2) is 9.97 Å². The van der Waals surface area contributed by atoms with E-state index in [1.165, 1.54) is 12.8 Å². The quantitative estimate of drug-likeness (QED) is 0.534. The van der Waals surface area contributed by atoms with Gasteiger partial charge in [0.25, 0.3) is 0 Å². The van der Waals surface area contributed by atoms with Crippen LogP contribution in [0.4, 0.5) is 11.6 Å². The van der Waals surface area contributed by atoms with Crippen molar-refractivity contribution in [2.45, 2.75) is 32.4 Å². The molecule has 2 N–H and O–H groups in total. The third-order valence-corrected chi connectivity index (χ3v) is 5.09. The summed E-state index contributed by atoms with van der Waals surface area (Å²) in [4.78, 5) is 8.92. The Hall–Kier alpha value is -3.63. The first-order valence-electron chi connectivity index (χ1n) is 10.4. The Kier molecular flexibility index (Phi) is 6.29. The molecule has 0 aliphatic heterocycles. The molecule has 3 aromatic rings. The number of benzene rings is 2. The van der Waals surface area contributed by atoms with Crippen molar-refractivity contribution >= 4 is 11.6 Å². The van der Waals surface area contributed by atoms with E-state index >= 15 is 0 Å². The maximum atomic E-state index is 9.23. The van der Waals surface area contributed by atoms with Crippen LogP contribution in [-0.2, 0) is 6.54 Å². The normalized spacial score (nSPS) is 12.8. The van der Waals surface area contributed by atoms with Crippen molar-refractivity contribution in [3.63, 3.8) is 0 Å². The average molecular weight is 415 g/mol. The Morgan fingerprint density at radius 1 is 1.13 bits per heavy atom. The molecular weight excluding hydrogens is 390 g/mol. The van der Waals surface area contributed by atoms with Crippen molar-refractivity contribution in [1.29, 1.82) is 5.26 Å². The van der Waals surface area contributed by atoms with Gasteiger partial charge in [-0.05, 0) is 43.5 Å². The molecule has 0 atom stereocenters. The molecule has 1 fully saturated rings. The number of rotatable bonds is 9. The number of anilines is 2. The summed E-state index contributed by atoms with van der Waals surface area (Å²) in [7, 11) is 1.67. The Morgan fingerprint density at radius 2 is 1.94 bits per heavy atom. The number of aromatic nitrogens is 2. The third-order valence-electron chi connectivity index (χ3n) is 5.09. The molecule has 0 amide bonds. The second kappa shape index (κ2) is 9.45. The lowest BCUT2D eigenvalue weighted by Gasteiger charge is -2.15. The first kappa shape index (κ1) is 20.6. The molecule has 0 spiro atoms. The largest absolute Gasteiger partial charge is 0.494 e. The van der Waals surface area contributed by atoms with Gasteiger partial charge in [-0.15, -0.1) is 0 Å². The molecule has 158 valence electrons. The average Bonchev–Trinajstić information content (AvgIpc) is 3.63. The SMILES string of the molecule is CCOc1cc(-c2cnc(Nc3cccc(CNC4CC4)c3OC)nc2)ccc1C#N. The Morgan fingerprint density at radius 3 is 2.61 bits per heavy atom. The van der Waals surface area contributed by atoms with E-state index in [-0.39, 0.29) is 0 Å². The van der Waals surface area contributed by atoms with Crippen molar-refractivity contribution in [2.75, 3.05) is 19.0 Å². The van der Waals surface area contributed by atoms with Crippen molar-refractivity contribution in [3.8, 4) is 28.7 Å². The number of nitrogens with one attached hydrogen (secondary N) is 2. The van der Waals surface area contributed by atoms with Gasteiger partial charge in [0.05, 0.1) is 25.0 Å². The van der Waals surface area contributed by atoms with Crippen molar-refractivity contribution in [3.05, 3.63) is 59.9 Å². The number of hydrogen-bond acceptors (Lipinski definition) is 7. The molecule has 7 nitrogen and oxygen atoms in total. The number of hydrogen-bond donors (Lipinski definition) is 2. The maximum Gasteiger partial charge on any atom is 0.227 e. The van der Waals surface area contributed by atoms with E-state index < -0.39 is 0 Å². The second-order valence-corrected chi connectivity index (χ2v) is 7.33. The Bertz CT molecular complexity index is 1090. The number of methoxy groups -OCH3 is 1. The van der Waals surface area contributed by atoms with Crippen LogP contribution >= 0.6 is 0 Å². The number of ether oxygens (including phenoxy) is 2. The highest BCUT2D eigenvalue weighted by atomic mass is 16.5. The highest BCUT2D eigenvalue weighted by molar-refractivity contribution is 5.68. The lowest BCUT2D eigenvalue weighted by molar-refractivity contribution is 0.339. The molecule has 7 heteroatoms. The highest BCUT2D eigenvalue weighted by Crippen LogP contribution is 2.32. The third kappa shape index (κ3) is 4.93. The highest BCUT2D eigenvalue weighted by Gasteiger charge is 2.21. The molecule has 31 heavy (non-hydrogen) atoms. The Balaban J connectivity index is 1.52. The van der Waals surface area contributed by atoms with Crippen molar-refractivity contribution < 1.29 is 9.47 Å². The van der Waals surface area contributed by atoms with E-state index in [0.717, 1.165) is 34.7 Å². The first-order chi connectivity index (χ1) is 15.2. The summed E-state index contributed by atoms with van der Waals surface area (Å²) in [6.07, 6.45) is 5.98. The fourth-order valence-electron chi connectivity index (χ4n) is 3.34. The second-order valence-electron chi connectivity index (χ2n) is 7.33. The van der Waals surface area contributed by atoms with Crippen LogP contribution < -0.4 is 20.1 Å². The summed E-state index contributed by atoms with van der Waals surface area (Å²) in [5.41, 5.74) is 4.15. The van der Waals surface area contributed by atoms with E-state index in [1.807, 2.05) is 31.2 Å².